The van der Waals surface area contributed by atoms with E-state index in [1.54, 1.807) is 29.2 Å². The average molecular weight is 377 g/mol. The molecule has 0 aliphatic carbocycles. The Morgan fingerprint density at radius 3 is 2.57 bits per heavy atom. The van der Waals surface area contributed by atoms with Gasteiger partial charge in [0.25, 0.3) is 5.91 Å². The van der Waals surface area contributed by atoms with Crippen LogP contribution in [0.4, 0.5) is 11.4 Å². The van der Waals surface area contributed by atoms with E-state index in [0.717, 1.165) is 17.5 Å². The first kappa shape index (κ1) is 18.2. The van der Waals surface area contributed by atoms with E-state index in [4.69, 9.17) is 0 Å². The standard InChI is InChI=1S/C22H23N3O3/c1-14-10-15(2)12-16(11-14)23-20(26)13-25-18-7-4-3-6-17(18)21(27)24-9-5-8-19(24)22(25)28/h3-4,6-7,10-12,19H,5,8-9,13H2,1-2H3,(H,23,26)/t19-/m1/s1. The van der Waals surface area contributed by atoms with Crippen LogP contribution in [-0.4, -0.2) is 41.8 Å². The summed E-state index contributed by atoms with van der Waals surface area (Å²) in [5.41, 5.74) is 3.79. The molecule has 0 saturated carbocycles. The summed E-state index contributed by atoms with van der Waals surface area (Å²) in [5.74, 6) is -0.609. The Kier molecular flexibility index (Phi) is 4.63. The van der Waals surface area contributed by atoms with Gasteiger partial charge < -0.3 is 15.1 Å². The van der Waals surface area contributed by atoms with Crippen LogP contribution in [0.5, 0.6) is 0 Å². The lowest BCUT2D eigenvalue weighted by atomic mass is 10.1. The van der Waals surface area contributed by atoms with Crippen LogP contribution in [0.15, 0.2) is 42.5 Å². The number of hydrogen-bond donors (Lipinski definition) is 1. The van der Waals surface area contributed by atoms with Crippen molar-refractivity contribution < 1.29 is 14.4 Å². The first-order valence-corrected chi connectivity index (χ1v) is 9.53. The number of nitrogens with zero attached hydrogens (tertiary/aromatic N) is 2. The number of benzene rings is 2. The summed E-state index contributed by atoms with van der Waals surface area (Å²) >= 11 is 0. The van der Waals surface area contributed by atoms with Crippen LogP contribution in [-0.2, 0) is 9.59 Å². The van der Waals surface area contributed by atoms with Crippen molar-refractivity contribution in [2.75, 3.05) is 23.3 Å². The number of para-hydroxylation sites is 1. The van der Waals surface area contributed by atoms with Crippen LogP contribution in [0, 0.1) is 13.8 Å². The Hall–Kier alpha value is -3.15. The number of hydrogen-bond acceptors (Lipinski definition) is 3. The first-order chi connectivity index (χ1) is 13.4. The maximum absolute atomic E-state index is 13.2. The molecule has 6 heteroatoms. The van der Waals surface area contributed by atoms with Gasteiger partial charge in [0, 0.05) is 12.2 Å². The highest BCUT2D eigenvalue weighted by molar-refractivity contribution is 6.13. The molecule has 2 heterocycles. The molecule has 2 aromatic rings. The van der Waals surface area contributed by atoms with Gasteiger partial charge in [-0.15, -0.1) is 0 Å². The zero-order valence-electron chi connectivity index (χ0n) is 16.1. The van der Waals surface area contributed by atoms with Crippen LogP contribution in [0.25, 0.3) is 0 Å². The van der Waals surface area contributed by atoms with Gasteiger partial charge in [-0.25, -0.2) is 0 Å². The number of rotatable bonds is 3. The third-order valence-electron chi connectivity index (χ3n) is 5.30. The van der Waals surface area contributed by atoms with E-state index in [2.05, 4.69) is 5.32 Å². The maximum Gasteiger partial charge on any atom is 0.256 e. The largest absolute Gasteiger partial charge is 0.327 e. The van der Waals surface area contributed by atoms with E-state index in [9.17, 15) is 14.4 Å². The van der Waals surface area contributed by atoms with Gasteiger partial charge in [0.05, 0.1) is 11.3 Å². The number of nitrogens with one attached hydrogen (secondary N) is 1. The van der Waals surface area contributed by atoms with Crippen molar-refractivity contribution in [3.05, 3.63) is 59.2 Å². The molecule has 2 aliphatic rings. The van der Waals surface area contributed by atoms with E-state index >= 15 is 0 Å². The summed E-state index contributed by atoms with van der Waals surface area (Å²) in [5, 5.41) is 2.88. The molecule has 6 nitrogen and oxygen atoms in total. The minimum Gasteiger partial charge on any atom is -0.327 e. The number of aryl methyl sites for hydroxylation is 2. The summed E-state index contributed by atoms with van der Waals surface area (Å²) in [4.78, 5) is 41.9. The Balaban J connectivity index is 1.63. The summed E-state index contributed by atoms with van der Waals surface area (Å²) < 4.78 is 0. The van der Waals surface area contributed by atoms with E-state index in [-0.39, 0.29) is 24.3 Å². The maximum atomic E-state index is 13.2. The lowest BCUT2D eigenvalue weighted by Crippen LogP contribution is -2.47. The quantitative estimate of drug-likeness (QED) is 0.894. The van der Waals surface area contributed by atoms with Gasteiger partial charge in [-0.2, -0.15) is 0 Å². The highest BCUT2D eigenvalue weighted by atomic mass is 16.2. The number of carbonyl (C=O) groups is 3. The van der Waals surface area contributed by atoms with Crippen molar-refractivity contribution >= 4 is 29.1 Å². The molecule has 1 atom stereocenters. The van der Waals surface area contributed by atoms with E-state index in [1.165, 1.54) is 4.90 Å². The molecule has 2 aromatic carbocycles. The molecule has 4 rings (SSSR count). The van der Waals surface area contributed by atoms with Gasteiger partial charge in [-0.05, 0) is 62.1 Å². The molecule has 3 amide bonds. The molecule has 144 valence electrons. The fraction of sp³-hybridized carbons (Fsp3) is 0.318. The number of fused-ring (bicyclic) bond motifs is 2. The van der Waals surface area contributed by atoms with Gasteiger partial charge in [0.1, 0.15) is 12.6 Å². The molecule has 0 spiro atoms. The van der Waals surface area contributed by atoms with Crippen LogP contribution < -0.4 is 10.2 Å². The van der Waals surface area contributed by atoms with Gasteiger partial charge in [0.2, 0.25) is 11.8 Å². The van der Waals surface area contributed by atoms with Gasteiger partial charge in [-0.1, -0.05) is 18.2 Å². The average Bonchev–Trinajstić information content (AvgIpc) is 3.11. The second-order valence-corrected chi connectivity index (χ2v) is 7.52. The minimum atomic E-state index is -0.492. The molecular formula is C22H23N3O3. The molecular weight excluding hydrogens is 354 g/mol. The van der Waals surface area contributed by atoms with E-state index in [1.807, 2.05) is 32.0 Å². The Bertz CT molecular complexity index is 949. The molecule has 1 N–H and O–H groups in total. The molecule has 28 heavy (non-hydrogen) atoms. The SMILES string of the molecule is Cc1cc(C)cc(NC(=O)CN2C(=O)[C@H]3CCCN3C(=O)c3ccccc32)c1. The summed E-state index contributed by atoms with van der Waals surface area (Å²) in [7, 11) is 0. The number of carbonyl (C=O) groups excluding carboxylic acids is 3. The Labute approximate surface area is 164 Å². The van der Waals surface area contributed by atoms with Gasteiger partial charge in [0.15, 0.2) is 0 Å². The smallest absolute Gasteiger partial charge is 0.256 e. The van der Waals surface area contributed by atoms with Crippen LogP contribution in [0.2, 0.25) is 0 Å². The van der Waals surface area contributed by atoms with Crippen molar-refractivity contribution in [3.63, 3.8) is 0 Å². The molecule has 0 bridgehead atoms. The Morgan fingerprint density at radius 1 is 1.11 bits per heavy atom. The van der Waals surface area contributed by atoms with Crippen molar-refractivity contribution in [1.82, 2.24) is 4.90 Å². The highest BCUT2D eigenvalue weighted by Gasteiger charge is 2.42. The highest BCUT2D eigenvalue weighted by Crippen LogP contribution is 2.32. The monoisotopic (exact) mass is 377 g/mol. The normalized spacial score (nSPS) is 18.6. The third kappa shape index (κ3) is 3.26. The second kappa shape index (κ2) is 7.11. The predicted molar refractivity (Wildman–Crippen MR) is 107 cm³/mol. The molecule has 1 fully saturated rings. The Morgan fingerprint density at radius 2 is 1.82 bits per heavy atom. The lowest BCUT2D eigenvalue weighted by Gasteiger charge is -2.25. The molecule has 0 radical (unpaired) electrons. The van der Waals surface area contributed by atoms with Crippen LogP contribution in [0.1, 0.15) is 34.3 Å². The van der Waals surface area contributed by atoms with E-state index < -0.39 is 6.04 Å². The predicted octanol–water partition coefficient (Wildman–Crippen LogP) is 2.89. The molecule has 2 aliphatic heterocycles. The topological polar surface area (TPSA) is 69.7 Å². The molecule has 1 saturated heterocycles. The van der Waals surface area contributed by atoms with Crippen molar-refractivity contribution in [2.24, 2.45) is 0 Å². The lowest BCUT2D eigenvalue weighted by molar-refractivity contribution is -0.124. The zero-order valence-corrected chi connectivity index (χ0v) is 16.1. The fourth-order valence-corrected chi connectivity index (χ4v) is 4.16. The third-order valence-corrected chi connectivity index (χ3v) is 5.30. The summed E-state index contributed by atoms with van der Waals surface area (Å²) in [6.45, 7) is 4.39. The van der Waals surface area contributed by atoms with E-state index in [0.29, 0.717) is 29.9 Å². The van der Waals surface area contributed by atoms with Crippen molar-refractivity contribution in [3.8, 4) is 0 Å². The van der Waals surface area contributed by atoms with Crippen molar-refractivity contribution in [1.29, 1.82) is 0 Å². The number of amides is 3. The fourth-order valence-electron chi connectivity index (χ4n) is 4.16. The zero-order chi connectivity index (χ0) is 19.8. The minimum absolute atomic E-state index is 0.125. The van der Waals surface area contributed by atoms with Crippen LogP contribution >= 0.6 is 0 Å². The number of anilines is 2. The van der Waals surface area contributed by atoms with Crippen LogP contribution in [0.3, 0.4) is 0 Å². The van der Waals surface area contributed by atoms with Gasteiger partial charge in [-0.3, -0.25) is 14.4 Å². The molecule has 0 aromatic heterocycles. The second-order valence-electron chi connectivity index (χ2n) is 7.52. The van der Waals surface area contributed by atoms with Gasteiger partial charge >= 0.3 is 0 Å². The summed E-state index contributed by atoms with van der Waals surface area (Å²) in [6, 6.07) is 12.4. The van der Waals surface area contributed by atoms with Crippen molar-refractivity contribution in [2.45, 2.75) is 32.7 Å². The molecule has 0 unspecified atom stereocenters. The summed E-state index contributed by atoms with van der Waals surface area (Å²) in [6.07, 6.45) is 1.43. The first-order valence-electron chi connectivity index (χ1n) is 9.53.